The average molecular weight is 373 g/mol. The van der Waals surface area contributed by atoms with E-state index < -0.39 is 0 Å². The van der Waals surface area contributed by atoms with E-state index >= 15 is 0 Å². The van der Waals surface area contributed by atoms with E-state index in [1.807, 2.05) is 19.9 Å². The summed E-state index contributed by atoms with van der Waals surface area (Å²) in [6.45, 7) is 4.49. The molecule has 0 unspecified atom stereocenters. The Morgan fingerprint density at radius 2 is 1.85 bits per heavy atom. The number of amides is 1. The number of benzene rings is 1. The molecule has 27 heavy (non-hydrogen) atoms. The Morgan fingerprint density at radius 3 is 2.52 bits per heavy atom. The Hall–Kier alpha value is -3.29. The normalized spacial score (nSPS) is 10.5. The van der Waals surface area contributed by atoms with Crippen LogP contribution in [0.25, 0.3) is 6.08 Å². The molecule has 8 nitrogen and oxygen atoms in total. The summed E-state index contributed by atoms with van der Waals surface area (Å²) in [5.74, 6) is 1.10. The molecular formula is C19H23N3O5. The summed E-state index contributed by atoms with van der Waals surface area (Å²) < 4.78 is 21.1. The molecule has 1 aromatic heterocycles. The Bertz CT molecular complexity index is 808. The minimum Gasteiger partial charge on any atom is -0.493 e. The molecule has 0 aliphatic heterocycles. The molecule has 2 aromatic rings. The summed E-state index contributed by atoms with van der Waals surface area (Å²) in [7, 11) is 3.12. The number of carbonyl (C=O) groups is 1. The van der Waals surface area contributed by atoms with E-state index in [-0.39, 0.29) is 17.8 Å². The SMILES string of the molecule is CCOc1ncc(NC(=O)/C=C/c2ccc(OC)c(OC)c2)c(OCC)n1. The largest absolute Gasteiger partial charge is 0.493 e. The summed E-state index contributed by atoms with van der Waals surface area (Å²) >= 11 is 0. The van der Waals surface area contributed by atoms with Gasteiger partial charge in [-0.15, -0.1) is 0 Å². The molecule has 2 rings (SSSR count). The van der Waals surface area contributed by atoms with Crippen molar-refractivity contribution < 1.29 is 23.7 Å². The van der Waals surface area contributed by atoms with E-state index in [9.17, 15) is 4.79 Å². The number of hydrogen-bond donors (Lipinski definition) is 1. The van der Waals surface area contributed by atoms with Gasteiger partial charge in [-0.25, -0.2) is 4.98 Å². The lowest BCUT2D eigenvalue weighted by molar-refractivity contribution is -0.111. The quantitative estimate of drug-likeness (QED) is 0.676. The average Bonchev–Trinajstić information content (AvgIpc) is 2.68. The van der Waals surface area contributed by atoms with Gasteiger partial charge >= 0.3 is 6.01 Å². The summed E-state index contributed by atoms with van der Waals surface area (Å²) in [4.78, 5) is 20.4. The minimum atomic E-state index is -0.349. The molecule has 0 spiro atoms. The van der Waals surface area contributed by atoms with Crippen LogP contribution in [0.3, 0.4) is 0 Å². The van der Waals surface area contributed by atoms with Crippen molar-refractivity contribution in [1.29, 1.82) is 0 Å². The van der Waals surface area contributed by atoms with Crippen LogP contribution in [0, 0.1) is 0 Å². The van der Waals surface area contributed by atoms with Crippen LogP contribution in [0.5, 0.6) is 23.4 Å². The lowest BCUT2D eigenvalue weighted by Crippen LogP contribution is -2.11. The second-order valence-electron chi connectivity index (χ2n) is 5.17. The molecule has 0 bridgehead atoms. The van der Waals surface area contributed by atoms with E-state index in [0.29, 0.717) is 30.4 Å². The number of carbonyl (C=O) groups excluding carboxylic acids is 1. The predicted octanol–water partition coefficient (Wildman–Crippen LogP) is 2.94. The van der Waals surface area contributed by atoms with E-state index in [4.69, 9.17) is 18.9 Å². The van der Waals surface area contributed by atoms with Gasteiger partial charge in [-0.1, -0.05) is 6.07 Å². The van der Waals surface area contributed by atoms with E-state index in [1.54, 1.807) is 32.4 Å². The van der Waals surface area contributed by atoms with Gasteiger partial charge in [-0.3, -0.25) is 4.79 Å². The first kappa shape index (κ1) is 20.0. The lowest BCUT2D eigenvalue weighted by Gasteiger charge is -2.10. The maximum atomic E-state index is 12.2. The molecule has 0 atom stereocenters. The first-order valence-electron chi connectivity index (χ1n) is 8.45. The van der Waals surface area contributed by atoms with Crippen molar-refractivity contribution in [3.63, 3.8) is 0 Å². The fourth-order valence-electron chi connectivity index (χ4n) is 2.18. The number of methoxy groups -OCH3 is 2. The smallest absolute Gasteiger partial charge is 0.319 e. The van der Waals surface area contributed by atoms with Crippen molar-refractivity contribution in [3.05, 3.63) is 36.0 Å². The summed E-state index contributed by atoms with van der Waals surface area (Å²) in [6, 6.07) is 5.55. The van der Waals surface area contributed by atoms with Gasteiger partial charge in [-0.2, -0.15) is 4.98 Å². The number of hydrogen-bond acceptors (Lipinski definition) is 7. The van der Waals surface area contributed by atoms with Gasteiger partial charge in [0.25, 0.3) is 0 Å². The zero-order valence-electron chi connectivity index (χ0n) is 15.8. The molecule has 0 aliphatic rings. The van der Waals surface area contributed by atoms with Crippen molar-refractivity contribution in [2.75, 3.05) is 32.8 Å². The summed E-state index contributed by atoms with van der Waals surface area (Å²) in [5.41, 5.74) is 1.15. The summed E-state index contributed by atoms with van der Waals surface area (Å²) in [6.07, 6.45) is 4.51. The van der Waals surface area contributed by atoms with Crippen LogP contribution in [-0.2, 0) is 4.79 Å². The highest BCUT2D eigenvalue weighted by Crippen LogP contribution is 2.28. The first-order valence-corrected chi connectivity index (χ1v) is 8.45. The molecule has 1 aromatic carbocycles. The van der Waals surface area contributed by atoms with Gasteiger partial charge in [0.2, 0.25) is 11.8 Å². The molecule has 0 aliphatic carbocycles. The van der Waals surface area contributed by atoms with Gasteiger partial charge in [-0.05, 0) is 37.6 Å². The van der Waals surface area contributed by atoms with Gasteiger partial charge in [0, 0.05) is 6.08 Å². The van der Waals surface area contributed by atoms with Gasteiger partial charge in [0.15, 0.2) is 11.5 Å². The van der Waals surface area contributed by atoms with Crippen LogP contribution >= 0.6 is 0 Å². The van der Waals surface area contributed by atoms with Crippen LogP contribution in [0.4, 0.5) is 5.69 Å². The highest BCUT2D eigenvalue weighted by molar-refractivity contribution is 6.02. The number of nitrogens with zero attached hydrogens (tertiary/aromatic N) is 2. The van der Waals surface area contributed by atoms with Crippen LogP contribution < -0.4 is 24.3 Å². The molecule has 8 heteroatoms. The maximum Gasteiger partial charge on any atom is 0.319 e. The van der Waals surface area contributed by atoms with Crippen LogP contribution in [-0.4, -0.2) is 43.3 Å². The molecule has 0 saturated heterocycles. The van der Waals surface area contributed by atoms with Gasteiger partial charge < -0.3 is 24.3 Å². The fourth-order valence-corrected chi connectivity index (χ4v) is 2.18. The Balaban J connectivity index is 2.12. The molecule has 1 amide bonds. The monoisotopic (exact) mass is 373 g/mol. The number of aromatic nitrogens is 2. The second-order valence-corrected chi connectivity index (χ2v) is 5.17. The molecule has 0 saturated carbocycles. The molecule has 1 N–H and O–H groups in total. The number of rotatable bonds is 9. The highest BCUT2D eigenvalue weighted by atomic mass is 16.5. The standard InChI is InChI=1S/C19H23N3O5/c1-5-26-18-14(12-20-19(22-18)27-6-2)21-17(23)10-8-13-7-9-15(24-3)16(11-13)25-4/h7-12H,5-6H2,1-4H3,(H,21,23)/b10-8+. The lowest BCUT2D eigenvalue weighted by atomic mass is 10.2. The van der Waals surface area contributed by atoms with E-state index in [2.05, 4.69) is 15.3 Å². The van der Waals surface area contributed by atoms with Crippen molar-refractivity contribution >= 4 is 17.7 Å². The third-order valence-electron chi connectivity index (χ3n) is 3.38. The highest BCUT2D eigenvalue weighted by Gasteiger charge is 2.11. The third-order valence-corrected chi connectivity index (χ3v) is 3.38. The van der Waals surface area contributed by atoms with Crippen LogP contribution in [0.1, 0.15) is 19.4 Å². The topological polar surface area (TPSA) is 91.8 Å². The van der Waals surface area contributed by atoms with Crippen molar-refractivity contribution in [1.82, 2.24) is 9.97 Å². The zero-order valence-corrected chi connectivity index (χ0v) is 15.8. The minimum absolute atomic E-state index is 0.194. The van der Waals surface area contributed by atoms with Crippen LogP contribution in [0.15, 0.2) is 30.5 Å². The number of anilines is 1. The van der Waals surface area contributed by atoms with E-state index in [0.717, 1.165) is 5.56 Å². The molecule has 0 radical (unpaired) electrons. The Morgan fingerprint density at radius 1 is 1.11 bits per heavy atom. The molecule has 0 fully saturated rings. The van der Waals surface area contributed by atoms with Gasteiger partial charge in [0.1, 0.15) is 5.69 Å². The third kappa shape index (κ3) is 5.60. The van der Waals surface area contributed by atoms with Crippen molar-refractivity contribution in [2.45, 2.75) is 13.8 Å². The van der Waals surface area contributed by atoms with Crippen molar-refractivity contribution in [3.8, 4) is 23.4 Å². The second kappa shape index (κ2) is 10.0. The molecular weight excluding hydrogens is 350 g/mol. The Kier molecular flexibility index (Phi) is 7.42. The molecule has 144 valence electrons. The number of ether oxygens (including phenoxy) is 4. The van der Waals surface area contributed by atoms with Crippen LogP contribution in [0.2, 0.25) is 0 Å². The number of nitrogens with one attached hydrogen (secondary N) is 1. The van der Waals surface area contributed by atoms with E-state index in [1.165, 1.54) is 12.3 Å². The van der Waals surface area contributed by atoms with Crippen molar-refractivity contribution in [2.24, 2.45) is 0 Å². The molecule has 1 heterocycles. The maximum absolute atomic E-state index is 12.2. The fraction of sp³-hybridized carbons (Fsp3) is 0.316. The zero-order chi connectivity index (χ0) is 19.6. The van der Waals surface area contributed by atoms with Gasteiger partial charge in [0.05, 0.1) is 33.6 Å². The summed E-state index contributed by atoms with van der Waals surface area (Å²) in [5, 5.41) is 2.70. The Labute approximate surface area is 158 Å². The first-order chi connectivity index (χ1) is 13.1. The predicted molar refractivity (Wildman–Crippen MR) is 102 cm³/mol.